The van der Waals surface area contributed by atoms with Crippen LogP contribution in [-0.4, -0.2) is 4.98 Å². The van der Waals surface area contributed by atoms with Gasteiger partial charge in [0.05, 0.1) is 11.3 Å². The highest BCUT2D eigenvalue weighted by Crippen LogP contribution is 2.31. The number of benzene rings is 1. The summed E-state index contributed by atoms with van der Waals surface area (Å²) in [4.78, 5) is 6.02. The molecule has 0 N–H and O–H groups in total. The zero-order valence-corrected chi connectivity index (χ0v) is 10.9. The van der Waals surface area contributed by atoms with Gasteiger partial charge in [0.1, 0.15) is 11.9 Å². The molecule has 2 rings (SSSR count). The number of aromatic nitrogens is 1. The zero-order chi connectivity index (χ0) is 13.1. The Bertz CT molecular complexity index is 615. The molecule has 0 aliphatic heterocycles. The fourth-order valence-electron chi connectivity index (χ4n) is 1.64. The van der Waals surface area contributed by atoms with Gasteiger partial charge in [-0.2, -0.15) is 5.26 Å². The summed E-state index contributed by atoms with van der Waals surface area (Å²) in [6.45, 7) is 3.71. The van der Waals surface area contributed by atoms with Crippen molar-refractivity contribution in [2.45, 2.75) is 23.6 Å². The molecular formula is C14H11FN2S. The van der Waals surface area contributed by atoms with E-state index >= 15 is 0 Å². The minimum atomic E-state index is -0.262. The lowest BCUT2D eigenvalue weighted by molar-refractivity contribution is 0.626. The Balaban J connectivity index is 2.40. The third-order valence-electron chi connectivity index (χ3n) is 2.45. The summed E-state index contributed by atoms with van der Waals surface area (Å²) >= 11 is 1.45. The van der Waals surface area contributed by atoms with Gasteiger partial charge < -0.3 is 0 Å². The van der Waals surface area contributed by atoms with Crippen molar-refractivity contribution in [1.82, 2.24) is 4.98 Å². The van der Waals surface area contributed by atoms with Crippen LogP contribution >= 0.6 is 11.8 Å². The minimum absolute atomic E-state index is 0.262. The topological polar surface area (TPSA) is 36.7 Å². The fraction of sp³-hybridized carbons (Fsp3) is 0.143. The number of halogens is 1. The average Bonchev–Trinajstić information content (AvgIpc) is 2.32. The van der Waals surface area contributed by atoms with Crippen LogP contribution in [0.1, 0.15) is 17.0 Å². The lowest BCUT2D eigenvalue weighted by Crippen LogP contribution is -1.94. The first kappa shape index (κ1) is 12.6. The maximum Gasteiger partial charge on any atom is 0.123 e. The average molecular weight is 258 g/mol. The third-order valence-corrected chi connectivity index (χ3v) is 3.50. The van der Waals surface area contributed by atoms with Gasteiger partial charge in [0.15, 0.2) is 0 Å². The number of hydrogen-bond acceptors (Lipinski definition) is 3. The Kier molecular flexibility index (Phi) is 3.63. The first-order valence-electron chi connectivity index (χ1n) is 5.42. The van der Waals surface area contributed by atoms with Crippen molar-refractivity contribution in [3.63, 3.8) is 0 Å². The molecule has 0 atom stereocenters. The second-order valence-electron chi connectivity index (χ2n) is 3.89. The third kappa shape index (κ3) is 2.69. The maximum atomic E-state index is 12.8. The smallest absolute Gasteiger partial charge is 0.123 e. The van der Waals surface area contributed by atoms with Gasteiger partial charge in [-0.3, -0.25) is 4.98 Å². The summed E-state index contributed by atoms with van der Waals surface area (Å²) in [5.74, 6) is -0.262. The summed E-state index contributed by atoms with van der Waals surface area (Å²) in [6.07, 6.45) is 0. The van der Waals surface area contributed by atoms with Gasteiger partial charge in [-0.05, 0) is 44.2 Å². The minimum Gasteiger partial charge on any atom is -0.257 e. The van der Waals surface area contributed by atoms with E-state index in [0.717, 1.165) is 21.2 Å². The van der Waals surface area contributed by atoms with Gasteiger partial charge >= 0.3 is 0 Å². The molecule has 0 saturated heterocycles. The van der Waals surface area contributed by atoms with Crippen molar-refractivity contribution >= 4 is 11.8 Å². The Hall–Kier alpha value is -1.86. The summed E-state index contributed by atoms with van der Waals surface area (Å²) < 4.78 is 12.8. The van der Waals surface area contributed by atoms with Crippen molar-refractivity contribution in [2.75, 3.05) is 0 Å². The number of pyridine rings is 1. The molecule has 0 saturated carbocycles. The molecule has 90 valence electrons. The molecular weight excluding hydrogens is 247 g/mol. The van der Waals surface area contributed by atoms with Crippen molar-refractivity contribution in [1.29, 1.82) is 5.26 Å². The van der Waals surface area contributed by atoms with E-state index in [1.165, 1.54) is 23.9 Å². The molecule has 0 aliphatic carbocycles. The first-order valence-corrected chi connectivity index (χ1v) is 6.23. The van der Waals surface area contributed by atoms with E-state index < -0.39 is 0 Å². The highest BCUT2D eigenvalue weighted by molar-refractivity contribution is 7.99. The molecule has 0 aliphatic rings. The molecule has 2 nitrogen and oxygen atoms in total. The predicted octanol–water partition coefficient (Wildman–Crippen LogP) is 3.86. The lowest BCUT2D eigenvalue weighted by Gasteiger charge is -2.07. The van der Waals surface area contributed by atoms with E-state index in [0.29, 0.717) is 5.56 Å². The van der Waals surface area contributed by atoms with Gasteiger partial charge in [-0.1, -0.05) is 11.8 Å². The molecule has 0 fully saturated rings. The summed E-state index contributed by atoms with van der Waals surface area (Å²) in [5, 5.41) is 9.15. The Morgan fingerprint density at radius 3 is 2.50 bits per heavy atom. The van der Waals surface area contributed by atoms with E-state index in [1.807, 2.05) is 19.9 Å². The quantitative estimate of drug-likeness (QED) is 0.820. The summed E-state index contributed by atoms with van der Waals surface area (Å²) in [6, 6.07) is 10.3. The van der Waals surface area contributed by atoms with Crippen LogP contribution in [0.4, 0.5) is 4.39 Å². The van der Waals surface area contributed by atoms with Gasteiger partial charge in [-0.15, -0.1) is 0 Å². The number of nitrogens with zero attached hydrogens (tertiary/aromatic N) is 2. The summed E-state index contributed by atoms with van der Waals surface area (Å²) in [5.41, 5.74) is 2.17. The number of nitriles is 1. The first-order chi connectivity index (χ1) is 8.60. The second kappa shape index (κ2) is 5.19. The van der Waals surface area contributed by atoms with Gasteiger partial charge in [-0.25, -0.2) is 4.39 Å². The van der Waals surface area contributed by atoms with Crippen LogP contribution in [0.2, 0.25) is 0 Å². The fourth-order valence-corrected chi connectivity index (χ4v) is 2.69. The second-order valence-corrected chi connectivity index (χ2v) is 5.01. The van der Waals surface area contributed by atoms with Crippen molar-refractivity contribution < 1.29 is 4.39 Å². The van der Waals surface area contributed by atoms with Crippen molar-refractivity contribution in [2.24, 2.45) is 0 Å². The highest BCUT2D eigenvalue weighted by Gasteiger charge is 2.09. The molecule has 0 amide bonds. The number of aryl methyl sites for hydroxylation is 2. The van der Waals surface area contributed by atoms with Crippen LogP contribution in [0.5, 0.6) is 0 Å². The van der Waals surface area contributed by atoms with Crippen molar-refractivity contribution in [3.8, 4) is 6.07 Å². The largest absolute Gasteiger partial charge is 0.257 e. The lowest BCUT2D eigenvalue weighted by atomic mass is 10.2. The van der Waals surface area contributed by atoms with E-state index in [1.54, 1.807) is 12.1 Å². The van der Waals surface area contributed by atoms with Crippen LogP contribution in [0.3, 0.4) is 0 Å². The Labute approximate surface area is 109 Å². The molecule has 0 bridgehead atoms. The molecule has 0 spiro atoms. The van der Waals surface area contributed by atoms with Gasteiger partial charge in [0.2, 0.25) is 0 Å². The predicted molar refractivity (Wildman–Crippen MR) is 68.9 cm³/mol. The molecule has 1 aromatic heterocycles. The van der Waals surface area contributed by atoms with Crippen LogP contribution in [0.15, 0.2) is 40.1 Å². The molecule has 1 heterocycles. The van der Waals surface area contributed by atoms with Crippen LogP contribution < -0.4 is 0 Å². The van der Waals surface area contributed by atoms with Gasteiger partial charge in [0, 0.05) is 15.5 Å². The molecule has 18 heavy (non-hydrogen) atoms. The van der Waals surface area contributed by atoms with Gasteiger partial charge in [0.25, 0.3) is 0 Å². The van der Waals surface area contributed by atoms with Crippen LogP contribution in [0, 0.1) is 31.0 Å². The van der Waals surface area contributed by atoms with Crippen LogP contribution in [0.25, 0.3) is 0 Å². The van der Waals surface area contributed by atoms with E-state index in [9.17, 15) is 4.39 Å². The zero-order valence-electron chi connectivity index (χ0n) is 10.1. The van der Waals surface area contributed by atoms with E-state index in [4.69, 9.17) is 5.26 Å². The SMILES string of the molecule is Cc1cc(Sc2ccc(F)cc2)c(C#N)c(C)n1. The van der Waals surface area contributed by atoms with Crippen LogP contribution in [-0.2, 0) is 0 Å². The standard InChI is InChI=1S/C14H11FN2S/c1-9-7-14(13(8-16)10(2)17-9)18-12-5-3-11(15)4-6-12/h3-7H,1-2H3. The van der Waals surface area contributed by atoms with E-state index in [-0.39, 0.29) is 5.82 Å². The molecule has 4 heteroatoms. The van der Waals surface area contributed by atoms with Crippen molar-refractivity contribution in [3.05, 3.63) is 53.1 Å². The number of rotatable bonds is 2. The Morgan fingerprint density at radius 1 is 1.22 bits per heavy atom. The highest BCUT2D eigenvalue weighted by atomic mass is 32.2. The molecule has 0 unspecified atom stereocenters. The summed E-state index contributed by atoms with van der Waals surface area (Å²) in [7, 11) is 0. The molecule has 0 radical (unpaired) electrons. The Morgan fingerprint density at radius 2 is 1.89 bits per heavy atom. The van der Waals surface area contributed by atoms with E-state index in [2.05, 4.69) is 11.1 Å². The number of hydrogen-bond donors (Lipinski definition) is 0. The maximum absolute atomic E-state index is 12.8. The molecule has 2 aromatic rings. The normalized spacial score (nSPS) is 10.1. The molecule has 1 aromatic carbocycles. The monoisotopic (exact) mass is 258 g/mol.